The van der Waals surface area contributed by atoms with Gasteiger partial charge in [-0.25, -0.2) is 4.39 Å². The maximum Gasteiger partial charge on any atom is 0.169 e. The van der Waals surface area contributed by atoms with E-state index >= 15 is 0 Å². The van der Waals surface area contributed by atoms with Crippen LogP contribution in [0.5, 0.6) is 0 Å². The second-order valence-electron chi connectivity index (χ2n) is 3.00. The van der Waals surface area contributed by atoms with Crippen molar-refractivity contribution in [1.29, 1.82) is 0 Å². The summed E-state index contributed by atoms with van der Waals surface area (Å²) < 4.78 is 18.4. The van der Waals surface area contributed by atoms with Crippen molar-refractivity contribution in [2.75, 3.05) is 13.1 Å². The summed E-state index contributed by atoms with van der Waals surface area (Å²) in [5, 5.41) is 0. The monoisotopic (exact) mass is 233 g/mol. The number of furan rings is 1. The van der Waals surface area contributed by atoms with Gasteiger partial charge in [0, 0.05) is 13.1 Å². The Bertz CT molecular complexity index is 270. The van der Waals surface area contributed by atoms with E-state index in [2.05, 4.69) is 15.9 Å². The molecule has 2 heterocycles. The van der Waals surface area contributed by atoms with Crippen molar-refractivity contribution < 1.29 is 8.81 Å². The Balaban J connectivity index is 1.88. The standard InChI is InChI=1S/C8H9BrFNO/c9-8-2-1-7(12-8)5-11-3-6(10)4-11/h1-2,6H,3-5H2. The van der Waals surface area contributed by atoms with E-state index in [4.69, 9.17) is 4.42 Å². The summed E-state index contributed by atoms with van der Waals surface area (Å²) in [4.78, 5) is 2.01. The minimum Gasteiger partial charge on any atom is -0.453 e. The van der Waals surface area contributed by atoms with Gasteiger partial charge in [0.25, 0.3) is 0 Å². The van der Waals surface area contributed by atoms with Crippen molar-refractivity contribution in [1.82, 2.24) is 4.90 Å². The summed E-state index contributed by atoms with van der Waals surface area (Å²) in [6.07, 6.45) is -0.636. The molecule has 1 saturated heterocycles. The van der Waals surface area contributed by atoms with Crippen LogP contribution in [0.25, 0.3) is 0 Å². The van der Waals surface area contributed by atoms with Crippen LogP contribution in [0.15, 0.2) is 21.2 Å². The highest BCUT2D eigenvalue weighted by Crippen LogP contribution is 2.19. The van der Waals surface area contributed by atoms with Crippen molar-refractivity contribution in [2.24, 2.45) is 0 Å². The van der Waals surface area contributed by atoms with Crippen LogP contribution in [0.4, 0.5) is 4.39 Å². The maximum absolute atomic E-state index is 12.4. The predicted octanol–water partition coefficient (Wildman–Crippen LogP) is 2.20. The molecule has 0 radical (unpaired) electrons. The van der Waals surface area contributed by atoms with Gasteiger partial charge in [-0.05, 0) is 28.1 Å². The zero-order chi connectivity index (χ0) is 8.55. The lowest BCUT2D eigenvalue weighted by Crippen LogP contribution is -2.47. The van der Waals surface area contributed by atoms with Gasteiger partial charge in [-0.1, -0.05) is 0 Å². The second kappa shape index (κ2) is 3.18. The van der Waals surface area contributed by atoms with Crippen LogP contribution in [0.2, 0.25) is 0 Å². The van der Waals surface area contributed by atoms with Gasteiger partial charge in [-0.2, -0.15) is 0 Å². The highest BCUT2D eigenvalue weighted by Gasteiger charge is 2.26. The van der Waals surface area contributed by atoms with Crippen LogP contribution in [-0.4, -0.2) is 24.2 Å². The van der Waals surface area contributed by atoms with Crippen LogP contribution >= 0.6 is 15.9 Å². The van der Waals surface area contributed by atoms with E-state index in [9.17, 15) is 4.39 Å². The highest BCUT2D eigenvalue weighted by atomic mass is 79.9. The van der Waals surface area contributed by atoms with Gasteiger partial charge in [-0.15, -0.1) is 0 Å². The fourth-order valence-corrected chi connectivity index (χ4v) is 1.63. The molecule has 1 aromatic heterocycles. The second-order valence-corrected chi connectivity index (χ2v) is 3.78. The van der Waals surface area contributed by atoms with E-state index in [-0.39, 0.29) is 0 Å². The average Bonchev–Trinajstić information content (AvgIpc) is 2.33. The summed E-state index contributed by atoms with van der Waals surface area (Å²) in [5.74, 6) is 0.883. The van der Waals surface area contributed by atoms with E-state index in [1.165, 1.54) is 0 Å². The van der Waals surface area contributed by atoms with Gasteiger partial charge in [-0.3, -0.25) is 4.90 Å². The zero-order valence-electron chi connectivity index (χ0n) is 6.46. The normalized spacial score (nSPS) is 19.5. The molecule has 0 aromatic carbocycles. The third-order valence-corrected chi connectivity index (χ3v) is 2.35. The lowest BCUT2D eigenvalue weighted by atomic mass is 10.2. The number of hydrogen-bond donors (Lipinski definition) is 0. The molecule has 1 aliphatic heterocycles. The molecule has 0 atom stereocenters. The van der Waals surface area contributed by atoms with Crippen LogP contribution in [-0.2, 0) is 6.54 Å². The Morgan fingerprint density at radius 3 is 2.83 bits per heavy atom. The molecule has 0 N–H and O–H groups in total. The van der Waals surface area contributed by atoms with Crippen molar-refractivity contribution in [3.63, 3.8) is 0 Å². The first-order chi connectivity index (χ1) is 5.74. The van der Waals surface area contributed by atoms with E-state index in [0.29, 0.717) is 19.6 Å². The molecule has 2 rings (SSSR count). The molecule has 0 saturated carbocycles. The fraction of sp³-hybridized carbons (Fsp3) is 0.500. The molecule has 4 heteroatoms. The molecule has 0 amide bonds. The van der Waals surface area contributed by atoms with Crippen molar-refractivity contribution in [2.45, 2.75) is 12.7 Å². The maximum atomic E-state index is 12.4. The average molecular weight is 234 g/mol. The molecule has 1 aliphatic rings. The number of alkyl halides is 1. The molecular formula is C8H9BrFNO. The SMILES string of the molecule is FC1CN(Cc2ccc(Br)o2)C1. The Morgan fingerprint density at radius 2 is 2.33 bits per heavy atom. The summed E-state index contributed by atoms with van der Waals surface area (Å²) in [7, 11) is 0. The summed E-state index contributed by atoms with van der Waals surface area (Å²) in [5.41, 5.74) is 0. The number of rotatable bonds is 2. The van der Waals surface area contributed by atoms with Crippen molar-refractivity contribution in [3.8, 4) is 0 Å². The molecule has 0 spiro atoms. The Morgan fingerprint density at radius 1 is 1.58 bits per heavy atom. The topological polar surface area (TPSA) is 16.4 Å². The predicted molar refractivity (Wildman–Crippen MR) is 46.6 cm³/mol. The number of halogens is 2. The first-order valence-electron chi connectivity index (χ1n) is 3.84. The number of nitrogens with zero attached hydrogens (tertiary/aromatic N) is 1. The Hall–Kier alpha value is -0.350. The molecule has 0 unspecified atom stereocenters. The van der Waals surface area contributed by atoms with Crippen LogP contribution < -0.4 is 0 Å². The summed E-state index contributed by atoms with van der Waals surface area (Å²) in [6.45, 7) is 1.79. The van der Waals surface area contributed by atoms with Gasteiger partial charge in [0.2, 0.25) is 0 Å². The van der Waals surface area contributed by atoms with E-state index in [1.807, 2.05) is 17.0 Å². The lowest BCUT2D eigenvalue weighted by Gasteiger charge is -2.33. The number of hydrogen-bond acceptors (Lipinski definition) is 2. The quantitative estimate of drug-likeness (QED) is 0.779. The van der Waals surface area contributed by atoms with Gasteiger partial charge in [0.05, 0.1) is 6.54 Å². The van der Waals surface area contributed by atoms with Crippen LogP contribution in [0.1, 0.15) is 5.76 Å². The van der Waals surface area contributed by atoms with E-state index in [1.54, 1.807) is 0 Å². The first kappa shape index (κ1) is 8.26. The highest BCUT2D eigenvalue weighted by molar-refractivity contribution is 9.10. The third-order valence-electron chi connectivity index (χ3n) is 1.92. The Labute approximate surface area is 78.5 Å². The van der Waals surface area contributed by atoms with E-state index < -0.39 is 6.17 Å². The molecule has 0 aliphatic carbocycles. The molecule has 66 valence electrons. The lowest BCUT2D eigenvalue weighted by molar-refractivity contribution is 0.0532. The van der Waals surface area contributed by atoms with Crippen LogP contribution in [0.3, 0.4) is 0 Å². The van der Waals surface area contributed by atoms with Gasteiger partial charge in [0.15, 0.2) is 4.67 Å². The zero-order valence-corrected chi connectivity index (χ0v) is 8.05. The summed E-state index contributed by atoms with van der Waals surface area (Å²) >= 11 is 3.21. The number of likely N-dealkylation sites (tertiary alicyclic amines) is 1. The van der Waals surface area contributed by atoms with Crippen LogP contribution in [0, 0.1) is 0 Å². The van der Waals surface area contributed by atoms with Gasteiger partial charge < -0.3 is 4.42 Å². The Kier molecular flexibility index (Phi) is 2.19. The summed E-state index contributed by atoms with van der Waals surface area (Å²) in [6, 6.07) is 3.75. The fourth-order valence-electron chi connectivity index (χ4n) is 1.29. The first-order valence-corrected chi connectivity index (χ1v) is 4.64. The third kappa shape index (κ3) is 1.69. The minimum absolute atomic E-state index is 0.540. The minimum atomic E-state index is -0.636. The van der Waals surface area contributed by atoms with Crippen molar-refractivity contribution in [3.05, 3.63) is 22.6 Å². The van der Waals surface area contributed by atoms with Gasteiger partial charge >= 0.3 is 0 Å². The largest absolute Gasteiger partial charge is 0.453 e. The molecular weight excluding hydrogens is 225 g/mol. The molecule has 2 nitrogen and oxygen atoms in total. The molecule has 0 bridgehead atoms. The van der Waals surface area contributed by atoms with E-state index in [0.717, 1.165) is 10.4 Å². The molecule has 12 heavy (non-hydrogen) atoms. The smallest absolute Gasteiger partial charge is 0.169 e. The van der Waals surface area contributed by atoms with Crippen molar-refractivity contribution >= 4 is 15.9 Å². The molecule has 1 aromatic rings. The molecule has 1 fully saturated rings. The van der Waals surface area contributed by atoms with Gasteiger partial charge in [0.1, 0.15) is 11.9 Å².